The maximum Gasteiger partial charge on any atom is 0.256 e. The van der Waals surface area contributed by atoms with Crippen LogP contribution in [0.5, 0.6) is 11.5 Å². The Balaban J connectivity index is 1.52. The van der Waals surface area contributed by atoms with Gasteiger partial charge in [-0.2, -0.15) is 0 Å². The minimum absolute atomic E-state index is 0.182. The van der Waals surface area contributed by atoms with Crippen LogP contribution in [0.4, 0.5) is 11.4 Å². The molecule has 1 aromatic heterocycles. The van der Waals surface area contributed by atoms with Crippen LogP contribution >= 0.6 is 11.6 Å². The van der Waals surface area contributed by atoms with E-state index in [9.17, 15) is 9.59 Å². The lowest BCUT2D eigenvalue weighted by Gasteiger charge is -2.21. The van der Waals surface area contributed by atoms with Gasteiger partial charge < -0.3 is 20.1 Å². The van der Waals surface area contributed by atoms with Crippen LogP contribution < -0.4 is 25.7 Å². The number of para-hydroxylation sites is 1. The third-order valence-electron chi connectivity index (χ3n) is 5.79. The molecule has 7 nitrogen and oxygen atoms in total. The zero-order chi connectivity index (χ0) is 24.4. The number of nitrogens with zero attached hydrogens (tertiary/aromatic N) is 1. The molecule has 1 aliphatic rings. The number of carbonyl (C=O) groups is 1. The van der Waals surface area contributed by atoms with Gasteiger partial charge in [-0.05, 0) is 48.9 Å². The van der Waals surface area contributed by atoms with Gasteiger partial charge in [-0.15, -0.1) is 0 Å². The molecule has 35 heavy (non-hydrogen) atoms. The number of pyridine rings is 1. The number of amides is 1. The number of benzene rings is 3. The summed E-state index contributed by atoms with van der Waals surface area (Å²) in [6, 6.07) is 20.5. The first-order valence-corrected chi connectivity index (χ1v) is 11.7. The summed E-state index contributed by atoms with van der Waals surface area (Å²) in [6.45, 7) is 2.93. The standard InChI is InChI=1S/C27H24ClN3O4/c1-17-7-8-22(21(28)11-17)30-26(32)16-31-23-14-25-24(34-9-10-35-25)13-18(23)12-19(27(31)33)15-29-20-5-3-2-4-6-20/h2-8,11-14,29H,9-10,15-16H2,1H3,(H,30,32). The van der Waals surface area contributed by atoms with Gasteiger partial charge in [0.25, 0.3) is 5.56 Å². The molecule has 0 saturated heterocycles. The van der Waals surface area contributed by atoms with Crippen LogP contribution in [-0.4, -0.2) is 23.7 Å². The molecule has 0 bridgehead atoms. The number of carbonyl (C=O) groups excluding carboxylic acids is 1. The summed E-state index contributed by atoms with van der Waals surface area (Å²) in [5.74, 6) is 0.808. The average molecular weight is 490 g/mol. The Morgan fingerprint density at radius 3 is 2.49 bits per heavy atom. The summed E-state index contributed by atoms with van der Waals surface area (Å²) in [7, 11) is 0. The monoisotopic (exact) mass is 489 g/mol. The van der Waals surface area contributed by atoms with E-state index in [1.165, 1.54) is 4.57 Å². The summed E-state index contributed by atoms with van der Waals surface area (Å²) in [6.07, 6.45) is 0. The van der Waals surface area contributed by atoms with Crippen molar-refractivity contribution in [2.24, 2.45) is 0 Å². The molecule has 4 aromatic rings. The smallest absolute Gasteiger partial charge is 0.256 e. The average Bonchev–Trinajstić information content (AvgIpc) is 2.86. The Kier molecular flexibility index (Phi) is 6.33. The highest BCUT2D eigenvalue weighted by atomic mass is 35.5. The van der Waals surface area contributed by atoms with Crippen LogP contribution in [0, 0.1) is 6.92 Å². The number of fused-ring (bicyclic) bond motifs is 2. The number of hydrogen-bond donors (Lipinski definition) is 2. The van der Waals surface area contributed by atoms with E-state index in [0.717, 1.165) is 16.6 Å². The maximum atomic E-state index is 13.5. The van der Waals surface area contributed by atoms with Crippen LogP contribution in [0.2, 0.25) is 5.02 Å². The molecular weight excluding hydrogens is 466 g/mol. The zero-order valence-electron chi connectivity index (χ0n) is 19.1. The summed E-state index contributed by atoms with van der Waals surface area (Å²) in [5, 5.41) is 7.31. The summed E-state index contributed by atoms with van der Waals surface area (Å²) < 4.78 is 12.9. The molecule has 0 saturated carbocycles. The second-order valence-electron chi connectivity index (χ2n) is 8.37. The van der Waals surface area contributed by atoms with E-state index in [4.69, 9.17) is 21.1 Å². The van der Waals surface area contributed by atoms with E-state index in [-0.39, 0.29) is 18.0 Å². The van der Waals surface area contributed by atoms with Crippen LogP contribution in [0.1, 0.15) is 11.1 Å². The number of ether oxygens (including phenoxy) is 2. The Labute approximate surface area is 207 Å². The van der Waals surface area contributed by atoms with Crippen molar-refractivity contribution in [2.75, 3.05) is 23.8 Å². The van der Waals surface area contributed by atoms with Gasteiger partial charge in [0.1, 0.15) is 19.8 Å². The Morgan fingerprint density at radius 1 is 1.00 bits per heavy atom. The number of aryl methyl sites for hydroxylation is 1. The first-order chi connectivity index (χ1) is 17.0. The van der Waals surface area contributed by atoms with Gasteiger partial charge in [0.15, 0.2) is 11.5 Å². The van der Waals surface area contributed by atoms with Gasteiger partial charge in [-0.25, -0.2) is 0 Å². The maximum absolute atomic E-state index is 13.5. The molecular formula is C27H24ClN3O4. The largest absolute Gasteiger partial charge is 0.486 e. The molecule has 178 valence electrons. The molecule has 8 heteroatoms. The van der Waals surface area contributed by atoms with Crippen molar-refractivity contribution in [1.82, 2.24) is 4.57 Å². The fourth-order valence-electron chi connectivity index (χ4n) is 4.07. The van der Waals surface area contributed by atoms with E-state index in [0.29, 0.717) is 53.0 Å². The summed E-state index contributed by atoms with van der Waals surface area (Å²) in [4.78, 5) is 26.5. The van der Waals surface area contributed by atoms with E-state index in [1.54, 1.807) is 18.2 Å². The molecule has 0 aliphatic carbocycles. The Bertz CT molecular complexity index is 1470. The van der Waals surface area contributed by atoms with Gasteiger partial charge in [0.2, 0.25) is 5.91 Å². The Morgan fingerprint density at radius 2 is 1.74 bits per heavy atom. The van der Waals surface area contributed by atoms with Crippen LogP contribution in [0.3, 0.4) is 0 Å². The van der Waals surface area contributed by atoms with E-state index in [2.05, 4.69) is 10.6 Å². The molecule has 2 heterocycles. The van der Waals surface area contributed by atoms with Gasteiger partial charge >= 0.3 is 0 Å². The Hall–Kier alpha value is -3.97. The fraction of sp³-hybridized carbons (Fsp3) is 0.185. The molecule has 0 unspecified atom stereocenters. The second-order valence-corrected chi connectivity index (χ2v) is 8.77. The van der Waals surface area contributed by atoms with Crippen molar-refractivity contribution in [2.45, 2.75) is 20.0 Å². The number of anilines is 2. The summed E-state index contributed by atoms with van der Waals surface area (Å²) >= 11 is 6.29. The number of aromatic nitrogens is 1. The number of hydrogen-bond acceptors (Lipinski definition) is 5. The molecule has 0 radical (unpaired) electrons. The van der Waals surface area contributed by atoms with Gasteiger partial charge in [0.05, 0.1) is 16.2 Å². The normalized spacial score (nSPS) is 12.4. The topological polar surface area (TPSA) is 81.6 Å². The summed E-state index contributed by atoms with van der Waals surface area (Å²) in [5.41, 5.74) is 3.23. The van der Waals surface area contributed by atoms with E-state index < -0.39 is 0 Å². The van der Waals surface area contributed by atoms with Crippen molar-refractivity contribution >= 4 is 39.8 Å². The lowest BCUT2D eigenvalue weighted by Crippen LogP contribution is -2.31. The highest BCUT2D eigenvalue weighted by Crippen LogP contribution is 2.34. The first kappa shape index (κ1) is 22.8. The fourth-order valence-corrected chi connectivity index (χ4v) is 4.35. The molecule has 0 fully saturated rings. The van der Waals surface area contributed by atoms with Crippen LogP contribution in [0.25, 0.3) is 10.9 Å². The third kappa shape index (κ3) is 4.95. The van der Waals surface area contributed by atoms with Gasteiger partial charge in [0, 0.05) is 29.2 Å². The number of halogens is 1. The molecule has 0 atom stereocenters. The highest BCUT2D eigenvalue weighted by Gasteiger charge is 2.18. The minimum Gasteiger partial charge on any atom is -0.486 e. The van der Waals surface area contributed by atoms with E-state index in [1.807, 2.05) is 55.5 Å². The second kappa shape index (κ2) is 9.72. The third-order valence-corrected chi connectivity index (χ3v) is 6.10. The molecule has 0 spiro atoms. The van der Waals surface area contributed by atoms with Crippen molar-refractivity contribution in [3.05, 3.63) is 93.2 Å². The number of nitrogens with one attached hydrogen (secondary N) is 2. The predicted octanol–water partition coefficient (Wildman–Crippen LogP) is 4.99. The van der Waals surface area contributed by atoms with Gasteiger partial charge in [-0.1, -0.05) is 35.9 Å². The highest BCUT2D eigenvalue weighted by molar-refractivity contribution is 6.33. The molecule has 1 aliphatic heterocycles. The quantitative estimate of drug-likeness (QED) is 0.399. The lowest BCUT2D eigenvalue weighted by atomic mass is 10.1. The van der Waals surface area contributed by atoms with E-state index >= 15 is 0 Å². The SMILES string of the molecule is Cc1ccc(NC(=O)Cn2c(=O)c(CNc3ccccc3)cc3cc4c(cc32)OCCO4)c(Cl)c1. The lowest BCUT2D eigenvalue weighted by molar-refractivity contribution is -0.116. The van der Waals surface area contributed by atoms with Gasteiger partial charge in [-0.3, -0.25) is 14.2 Å². The minimum atomic E-state index is -0.359. The molecule has 5 rings (SSSR count). The number of rotatable bonds is 6. The van der Waals surface area contributed by atoms with Crippen molar-refractivity contribution in [3.63, 3.8) is 0 Å². The van der Waals surface area contributed by atoms with Crippen molar-refractivity contribution in [3.8, 4) is 11.5 Å². The molecule has 1 amide bonds. The first-order valence-electron chi connectivity index (χ1n) is 11.3. The van der Waals surface area contributed by atoms with Crippen LogP contribution in [-0.2, 0) is 17.9 Å². The predicted molar refractivity (Wildman–Crippen MR) is 138 cm³/mol. The molecule has 3 aromatic carbocycles. The van der Waals surface area contributed by atoms with Crippen LogP contribution in [0.15, 0.2) is 71.5 Å². The van der Waals surface area contributed by atoms with Crippen molar-refractivity contribution < 1.29 is 14.3 Å². The molecule has 2 N–H and O–H groups in total. The van der Waals surface area contributed by atoms with Crippen molar-refractivity contribution in [1.29, 1.82) is 0 Å². The zero-order valence-corrected chi connectivity index (χ0v) is 19.9.